The van der Waals surface area contributed by atoms with Crippen molar-refractivity contribution in [1.82, 2.24) is 10.6 Å². The van der Waals surface area contributed by atoms with E-state index in [0.717, 1.165) is 19.5 Å². The van der Waals surface area contributed by atoms with Crippen molar-refractivity contribution in [1.29, 1.82) is 0 Å². The molecule has 1 aromatic rings. The van der Waals surface area contributed by atoms with Crippen molar-refractivity contribution >= 4 is 5.91 Å². The summed E-state index contributed by atoms with van der Waals surface area (Å²) in [7, 11) is 0. The predicted molar refractivity (Wildman–Crippen MR) is 72.3 cm³/mol. The van der Waals surface area contributed by atoms with E-state index in [1.165, 1.54) is 31.0 Å². The highest BCUT2D eigenvalue weighted by Gasteiger charge is 2.15. The number of nitrogens with one attached hydrogen (secondary N) is 2. The van der Waals surface area contributed by atoms with E-state index >= 15 is 0 Å². The smallest absolute Gasteiger partial charge is 0.255 e. The normalized spacial score (nSPS) is 19.1. The van der Waals surface area contributed by atoms with Crippen LogP contribution in [0.2, 0.25) is 0 Å². The highest BCUT2D eigenvalue weighted by Crippen LogP contribution is 2.27. The zero-order valence-electron chi connectivity index (χ0n) is 10.9. The minimum absolute atomic E-state index is 0.113. The maximum atomic E-state index is 11.9. The summed E-state index contributed by atoms with van der Waals surface area (Å²) in [6.45, 7) is 2.67. The van der Waals surface area contributed by atoms with Gasteiger partial charge in [0.2, 0.25) is 0 Å². The van der Waals surface area contributed by atoms with Gasteiger partial charge >= 0.3 is 0 Å². The Kier molecular flexibility index (Phi) is 4.63. The van der Waals surface area contributed by atoms with Gasteiger partial charge in [0.05, 0.1) is 5.56 Å². The van der Waals surface area contributed by atoms with Crippen LogP contribution < -0.4 is 10.6 Å². The Balaban J connectivity index is 1.82. The van der Waals surface area contributed by atoms with Gasteiger partial charge in [0.25, 0.3) is 5.91 Å². The molecule has 1 amide bonds. The molecule has 0 spiro atoms. The fraction of sp³-hybridized carbons (Fsp3) is 0.500. The van der Waals surface area contributed by atoms with Crippen molar-refractivity contribution in [2.24, 2.45) is 5.92 Å². The number of rotatable bonds is 4. The van der Waals surface area contributed by atoms with Gasteiger partial charge in [-0.1, -0.05) is 6.07 Å². The van der Waals surface area contributed by atoms with Crippen LogP contribution in [0.15, 0.2) is 18.2 Å². The molecule has 19 heavy (non-hydrogen) atoms. The monoisotopic (exact) mass is 264 g/mol. The summed E-state index contributed by atoms with van der Waals surface area (Å²) in [5.41, 5.74) is 0.113. The molecule has 1 unspecified atom stereocenters. The molecule has 104 valence electrons. The second-order valence-electron chi connectivity index (χ2n) is 4.93. The Hall–Kier alpha value is -1.75. The Morgan fingerprint density at radius 2 is 2.26 bits per heavy atom. The molecule has 0 saturated carbocycles. The molecular formula is C14H20N2O3. The van der Waals surface area contributed by atoms with E-state index < -0.39 is 0 Å². The summed E-state index contributed by atoms with van der Waals surface area (Å²) >= 11 is 0. The van der Waals surface area contributed by atoms with Gasteiger partial charge in [-0.05, 0) is 50.4 Å². The first-order chi connectivity index (χ1) is 9.18. The lowest BCUT2D eigenvalue weighted by molar-refractivity contribution is 0.0947. The minimum atomic E-state index is -0.362. The Labute approximate surface area is 112 Å². The van der Waals surface area contributed by atoms with Crippen LogP contribution in [0.5, 0.6) is 11.5 Å². The van der Waals surface area contributed by atoms with E-state index in [-0.39, 0.29) is 23.0 Å². The average Bonchev–Trinajstić information content (AvgIpc) is 2.43. The lowest BCUT2D eigenvalue weighted by atomic mass is 9.96. The number of phenolic OH excluding ortho intramolecular Hbond substituents is 2. The molecule has 1 saturated heterocycles. The van der Waals surface area contributed by atoms with Gasteiger partial charge in [0.1, 0.15) is 0 Å². The van der Waals surface area contributed by atoms with Crippen molar-refractivity contribution in [3.63, 3.8) is 0 Å². The highest BCUT2D eigenvalue weighted by atomic mass is 16.3. The van der Waals surface area contributed by atoms with Crippen LogP contribution in [0.25, 0.3) is 0 Å². The standard InChI is InChI=1S/C14H20N2O3/c17-12-5-1-4-11(13(12)18)14(19)16-8-6-10-3-2-7-15-9-10/h1,4-5,10,15,17-18H,2-3,6-9H2,(H,16,19). The molecule has 5 heteroatoms. The number of amides is 1. The third-order valence-electron chi connectivity index (χ3n) is 3.50. The number of piperidine rings is 1. The van der Waals surface area contributed by atoms with Gasteiger partial charge < -0.3 is 20.8 Å². The van der Waals surface area contributed by atoms with Gasteiger partial charge in [-0.15, -0.1) is 0 Å². The fourth-order valence-corrected chi connectivity index (χ4v) is 2.37. The number of phenols is 2. The molecule has 0 bridgehead atoms. The number of carbonyl (C=O) groups excluding carboxylic acids is 1. The number of para-hydroxylation sites is 1. The van der Waals surface area contributed by atoms with Gasteiger partial charge in [-0.2, -0.15) is 0 Å². The van der Waals surface area contributed by atoms with Crippen LogP contribution >= 0.6 is 0 Å². The molecule has 1 aromatic carbocycles. The minimum Gasteiger partial charge on any atom is -0.504 e. The lowest BCUT2D eigenvalue weighted by Gasteiger charge is -2.22. The summed E-state index contributed by atoms with van der Waals surface area (Å²) in [5.74, 6) is -0.382. The predicted octanol–water partition coefficient (Wildman–Crippen LogP) is 1.22. The van der Waals surface area contributed by atoms with Gasteiger partial charge in [-0.3, -0.25) is 4.79 Å². The zero-order chi connectivity index (χ0) is 13.7. The van der Waals surface area contributed by atoms with Crippen molar-refractivity contribution in [2.45, 2.75) is 19.3 Å². The van der Waals surface area contributed by atoms with E-state index in [1.807, 2.05) is 0 Å². The first kappa shape index (κ1) is 13.7. The largest absolute Gasteiger partial charge is 0.504 e. The molecule has 1 fully saturated rings. The van der Waals surface area contributed by atoms with Crippen LogP contribution in [-0.2, 0) is 0 Å². The SMILES string of the molecule is O=C(NCCC1CCCNC1)c1cccc(O)c1O. The molecule has 0 radical (unpaired) electrons. The fourth-order valence-electron chi connectivity index (χ4n) is 2.37. The molecule has 4 N–H and O–H groups in total. The van der Waals surface area contributed by atoms with E-state index in [9.17, 15) is 15.0 Å². The van der Waals surface area contributed by atoms with E-state index in [2.05, 4.69) is 10.6 Å². The number of benzene rings is 1. The average molecular weight is 264 g/mol. The summed E-state index contributed by atoms with van der Waals surface area (Å²) in [6, 6.07) is 4.38. The topological polar surface area (TPSA) is 81.6 Å². The third-order valence-corrected chi connectivity index (χ3v) is 3.50. The second-order valence-corrected chi connectivity index (χ2v) is 4.93. The van der Waals surface area contributed by atoms with E-state index in [1.54, 1.807) is 0 Å². The number of aromatic hydroxyl groups is 2. The summed E-state index contributed by atoms with van der Waals surface area (Å²) in [4.78, 5) is 11.9. The Morgan fingerprint density at radius 3 is 3.00 bits per heavy atom. The molecule has 1 heterocycles. The third kappa shape index (κ3) is 3.61. The van der Waals surface area contributed by atoms with Crippen LogP contribution in [0, 0.1) is 5.92 Å². The van der Waals surface area contributed by atoms with Crippen molar-refractivity contribution in [3.05, 3.63) is 23.8 Å². The molecule has 1 atom stereocenters. The van der Waals surface area contributed by atoms with Gasteiger partial charge in [0, 0.05) is 6.54 Å². The Morgan fingerprint density at radius 1 is 1.42 bits per heavy atom. The van der Waals surface area contributed by atoms with Crippen molar-refractivity contribution in [2.75, 3.05) is 19.6 Å². The molecule has 1 aliphatic rings. The van der Waals surface area contributed by atoms with Crippen molar-refractivity contribution < 1.29 is 15.0 Å². The Bertz CT molecular complexity index is 442. The van der Waals surface area contributed by atoms with E-state index in [4.69, 9.17) is 0 Å². The van der Waals surface area contributed by atoms with Gasteiger partial charge in [-0.25, -0.2) is 0 Å². The van der Waals surface area contributed by atoms with E-state index in [0.29, 0.717) is 12.5 Å². The second kappa shape index (κ2) is 6.43. The first-order valence-electron chi connectivity index (χ1n) is 6.68. The highest BCUT2D eigenvalue weighted by molar-refractivity contribution is 5.97. The number of hydrogen-bond acceptors (Lipinski definition) is 4. The maximum Gasteiger partial charge on any atom is 0.255 e. The number of hydrogen-bond donors (Lipinski definition) is 4. The zero-order valence-corrected chi connectivity index (χ0v) is 10.9. The number of carbonyl (C=O) groups is 1. The van der Waals surface area contributed by atoms with Crippen LogP contribution in [-0.4, -0.2) is 35.8 Å². The molecule has 2 rings (SSSR count). The maximum absolute atomic E-state index is 11.9. The van der Waals surface area contributed by atoms with Crippen LogP contribution in [0.3, 0.4) is 0 Å². The summed E-state index contributed by atoms with van der Waals surface area (Å²) in [6.07, 6.45) is 3.31. The summed E-state index contributed by atoms with van der Waals surface area (Å²) < 4.78 is 0. The quantitative estimate of drug-likeness (QED) is 0.616. The molecule has 0 aliphatic carbocycles. The molecule has 1 aliphatic heterocycles. The van der Waals surface area contributed by atoms with Crippen molar-refractivity contribution in [3.8, 4) is 11.5 Å². The molecule has 0 aromatic heterocycles. The van der Waals surface area contributed by atoms with Gasteiger partial charge in [0.15, 0.2) is 11.5 Å². The summed E-state index contributed by atoms with van der Waals surface area (Å²) in [5, 5.41) is 25.0. The molecular weight excluding hydrogens is 244 g/mol. The lowest BCUT2D eigenvalue weighted by Crippen LogP contribution is -2.33. The van der Waals surface area contributed by atoms with Crippen LogP contribution in [0.1, 0.15) is 29.6 Å². The van der Waals surface area contributed by atoms with Crippen LogP contribution in [0.4, 0.5) is 0 Å². The molecule has 5 nitrogen and oxygen atoms in total. The first-order valence-corrected chi connectivity index (χ1v) is 6.68.